The summed E-state index contributed by atoms with van der Waals surface area (Å²) in [5, 5.41) is 10.5. The van der Waals surface area contributed by atoms with Crippen molar-refractivity contribution in [2.75, 3.05) is 0 Å². The molecule has 0 saturated heterocycles. The molecule has 15 heavy (non-hydrogen) atoms. The molecule has 0 bridgehead atoms. The number of nitrogens with zero attached hydrogens (tertiary/aromatic N) is 1. The summed E-state index contributed by atoms with van der Waals surface area (Å²) in [5.41, 5.74) is 0.388. The first kappa shape index (κ1) is 11.2. The average molecular weight is 201 g/mol. The number of allylic oxidation sites excluding steroid dienone is 1. The van der Waals surface area contributed by atoms with E-state index in [1.807, 2.05) is 0 Å². The van der Waals surface area contributed by atoms with E-state index in [1.165, 1.54) is 18.2 Å². The number of nitro groups is 1. The summed E-state index contributed by atoms with van der Waals surface area (Å²) in [6.45, 7) is 1.56. The monoisotopic (exact) mass is 201 g/mol. The Labute approximate surface area is 88.2 Å². The number of benzene rings is 1. The van der Waals surface area contributed by atoms with Crippen molar-refractivity contribution in [1.29, 1.82) is 0 Å². The van der Waals surface area contributed by atoms with Crippen LogP contribution in [0.2, 0.25) is 0 Å². The van der Waals surface area contributed by atoms with Gasteiger partial charge in [0.1, 0.15) is 5.68 Å². The van der Waals surface area contributed by atoms with Crippen molar-refractivity contribution in [2.24, 2.45) is 0 Å². The number of carbonyl (C=O) groups is 1. The molecule has 0 saturated carbocycles. The van der Waals surface area contributed by atoms with Gasteiger partial charge in [-0.3, -0.25) is 10.1 Å². The summed E-state index contributed by atoms with van der Waals surface area (Å²) in [5.74, 6) is 0. The van der Waals surface area contributed by atoms with Gasteiger partial charge in [-0.2, -0.15) is 0 Å². The van der Waals surface area contributed by atoms with E-state index in [9.17, 15) is 14.9 Å². The average Bonchev–Trinajstić information content (AvgIpc) is 2.18. The van der Waals surface area contributed by atoms with E-state index in [4.69, 9.17) is 7.85 Å². The van der Waals surface area contributed by atoms with Crippen LogP contribution in [-0.2, 0) is 4.79 Å². The first-order valence-corrected chi connectivity index (χ1v) is 4.23. The highest BCUT2D eigenvalue weighted by Gasteiger charge is 2.04. The summed E-state index contributed by atoms with van der Waals surface area (Å²) in [4.78, 5) is 20.7. The van der Waals surface area contributed by atoms with Crippen LogP contribution in [0.15, 0.2) is 29.8 Å². The Kier molecular flexibility index (Phi) is 3.39. The molecule has 0 unspecified atom stereocenters. The van der Waals surface area contributed by atoms with E-state index in [0.29, 0.717) is 11.1 Å². The summed E-state index contributed by atoms with van der Waals surface area (Å²) in [6, 6.07) is 5.99. The minimum atomic E-state index is -0.540. The van der Waals surface area contributed by atoms with Crippen LogP contribution in [-0.4, -0.2) is 18.5 Å². The van der Waals surface area contributed by atoms with E-state index >= 15 is 0 Å². The quantitative estimate of drug-likeness (QED) is 0.323. The van der Waals surface area contributed by atoms with Crippen molar-refractivity contribution in [1.82, 2.24) is 0 Å². The molecule has 0 aliphatic rings. The number of non-ortho nitro benzene ring substituents is 1. The number of hydrogen-bond donors (Lipinski definition) is 0. The van der Waals surface area contributed by atoms with Crippen LogP contribution in [0, 0.1) is 10.1 Å². The third-order valence-corrected chi connectivity index (χ3v) is 1.85. The first-order valence-electron chi connectivity index (χ1n) is 4.23. The zero-order valence-corrected chi connectivity index (χ0v) is 8.14. The molecule has 0 fully saturated rings. The molecule has 0 N–H and O–H groups in total. The van der Waals surface area contributed by atoms with Gasteiger partial charge in [-0.05, 0) is 24.1 Å². The molecule has 74 valence electrons. The zero-order valence-electron chi connectivity index (χ0n) is 8.14. The number of carbonyl (C=O) groups excluding carboxylic acids is 1. The molecular formula is C10H8BNO3. The van der Waals surface area contributed by atoms with Gasteiger partial charge in [0.05, 0.1) is 4.92 Å². The van der Waals surface area contributed by atoms with E-state index in [-0.39, 0.29) is 5.69 Å². The van der Waals surface area contributed by atoms with Crippen LogP contribution in [0.3, 0.4) is 0 Å². The highest BCUT2D eigenvalue weighted by atomic mass is 16.6. The van der Waals surface area contributed by atoms with Crippen LogP contribution in [0.4, 0.5) is 5.69 Å². The van der Waals surface area contributed by atoms with Gasteiger partial charge in [0.2, 0.25) is 0 Å². The summed E-state index contributed by atoms with van der Waals surface area (Å²) in [6.07, 6.45) is 1.51. The molecule has 0 atom stereocenters. The third-order valence-electron chi connectivity index (χ3n) is 1.85. The molecule has 0 aliphatic heterocycles. The maximum atomic E-state index is 10.7. The number of hydrogen-bond acceptors (Lipinski definition) is 3. The van der Waals surface area contributed by atoms with Gasteiger partial charge in [0, 0.05) is 12.1 Å². The third kappa shape index (κ3) is 3.05. The van der Waals surface area contributed by atoms with Crippen molar-refractivity contribution in [3.8, 4) is 0 Å². The highest BCUT2D eigenvalue weighted by Crippen LogP contribution is 2.15. The molecule has 0 aliphatic carbocycles. The summed E-state index contributed by atoms with van der Waals surface area (Å²) >= 11 is 0. The molecule has 0 amide bonds. The lowest BCUT2D eigenvalue weighted by Gasteiger charge is -1.97. The van der Waals surface area contributed by atoms with Crippen LogP contribution < -0.4 is 0 Å². The van der Waals surface area contributed by atoms with Gasteiger partial charge in [-0.1, -0.05) is 12.1 Å². The molecule has 0 aromatic heterocycles. The standard InChI is InChI=1S/C10H8BNO3/c1-7(10(11)13)5-8-3-2-4-9(6-8)12(14)15/h2-6H,1H3/b7-5+. The van der Waals surface area contributed by atoms with Crippen molar-refractivity contribution in [3.63, 3.8) is 0 Å². The second kappa shape index (κ2) is 4.55. The number of nitro benzene ring substituents is 1. The van der Waals surface area contributed by atoms with E-state index in [2.05, 4.69) is 0 Å². The highest BCUT2D eigenvalue weighted by molar-refractivity contribution is 6.62. The minimum Gasteiger partial charge on any atom is -0.308 e. The fourth-order valence-electron chi connectivity index (χ4n) is 1.05. The Morgan fingerprint density at radius 2 is 2.20 bits per heavy atom. The Morgan fingerprint density at radius 1 is 1.53 bits per heavy atom. The van der Waals surface area contributed by atoms with Crippen molar-refractivity contribution >= 4 is 25.3 Å². The van der Waals surface area contributed by atoms with Crippen LogP contribution >= 0.6 is 0 Å². The maximum absolute atomic E-state index is 10.7. The number of rotatable bonds is 3. The molecule has 1 aromatic carbocycles. The molecule has 0 heterocycles. The summed E-state index contributed by atoms with van der Waals surface area (Å²) < 4.78 is 0. The van der Waals surface area contributed by atoms with Gasteiger partial charge < -0.3 is 4.79 Å². The van der Waals surface area contributed by atoms with Crippen LogP contribution in [0.25, 0.3) is 6.08 Å². The van der Waals surface area contributed by atoms with Crippen LogP contribution in [0.5, 0.6) is 0 Å². The van der Waals surface area contributed by atoms with E-state index < -0.39 is 10.6 Å². The lowest BCUT2D eigenvalue weighted by atomic mass is 9.94. The van der Waals surface area contributed by atoms with Gasteiger partial charge in [0.15, 0.2) is 7.85 Å². The zero-order chi connectivity index (χ0) is 11.4. The van der Waals surface area contributed by atoms with Crippen molar-refractivity contribution in [2.45, 2.75) is 6.92 Å². The van der Waals surface area contributed by atoms with E-state index in [1.54, 1.807) is 19.1 Å². The second-order valence-electron chi connectivity index (χ2n) is 3.04. The van der Waals surface area contributed by atoms with Gasteiger partial charge in [0.25, 0.3) is 5.69 Å². The normalized spacial score (nSPS) is 11.1. The minimum absolute atomic E-state index is 0.0129. The summed E-state index contributed by atoms with van der Waals surface area (Å²) in [7, 11) is 5.04. The lowest BCUT2D eigenvalue weighted by molar-refractivity contribution is -0.384. The van der Waals surface area contributed by atoms with Crippen LogP contribution in [0.1, 0.15) is 12.5 Å². The van der Waals surface area contributed by atoms with Crippen molar-refractivity contribution in [3.05, 3.63) is 45.5 Å². The Morgan fingerprint density at radius 3 is 2.73 bits per heavy atom. The molecule has 2 radical (unpaired) electrons. The lowest BCUT2D eigenvalue weighted by Crippen LogP contribution is -1.96. The Hall–Kier alpha value is -1.91. The smallest absolute Gasteiger partial charge is 0.270 e. The Balaban J connectivity index is 3.06. The molecular weight excluding hydrogens is 193 g/mol. The predicted molar refractivity (Wildman–Crippen MR) is 57.5 cm³/mol. The molecule has 4 nitrogen and oxygen atoms in total. The fourth-order valence-corrected chi connectivity index (χ4v) is 1.05. The largest absolute Gasteiger partial charge is 0.308 e. The van der Waals surface area contributed by atoms with E-state index in [0.717, 1.165) is 0 Å². The molecule has 1 aromatic rings. The maximum Gasteiger partial charge on any atom is 0.270 e. The molecule has 5 heteroatoms. The topological polar surface area (TPSA) is 60.2 Å². The SMILES string of the molecule is [B]C(=O)/C(C)=C/c1cccc([N+](=O)[O-])c1. The fraction of sp³-hybridized carbons (Fsp3) is 0.100. The van der Waals surface area contributed by atoms with Crippen molar-refractivity contribution < 1.29 is 9.72 Å². The molecule has 0 spiro atoms. The van der Waals surface area contributed by atoms with Gasteiger partial charge in [-0.15, -0.1) is 0 Å². The predicted octanol–water partition coefficient (Wildman–Crippen LogP) is 1.69. The second-order valence-corrected chi connectivity index (χ2v) is 3.04. The molecule has 1 rings (SSSR count). The first-order chi connectivity index (χ1) is 7.00. The Bertz CT molecular complexity index is 440. The van der Waals surface area contributed by atoms with Gasteiger partial charge in [-0.25, -0.2) is 0 Å². The van der Waals surface area contributed by atoms with Gasteiger partial charge >= 0.3 is 0 Å².